The van der Waals surface area contributed by atoms with E-state index in [0.717, 1.165) is 16.5 Å². The molecule has 4 aromatic rings. The molecule has 0 aliphatic rings. The van der Waals surface area contributed by atoms with Gasteiger partial charge in [-0.3, -0.25) is 10.2 Å². The zero-order valence-electron chi connectivity index (χ0n) is 13.6. The van der Waals surface area contributed by atoms with Crippen LogP contribution in [-0.2, 0) is 0 Å². The molecule has 0 saturated carbocycles. The summed E-state index contributed by atoms with van der Waals surface area (Å²) in [4.78, 5) is 15.6. The van der Waals surface area contributed by atoms with Crippen LogP contribution in [0.25, 0.3) is 16.6 Å². The predicted molar refractivity (Wildman–Crippen MR) is 104 cm³/mol. The molecular formula is C19H14ClN5O. The van der Waals surface area contributed by atoms with Crippen molar-refractivity contribution in [1.29, 1.82) is 0 Å². The van der Waals surface area contributed by atoms with Gasteiger partial charge in [0, 0.05) is 22.7 Å². The third kappa shape index (κ3) is 2.98. The van der Waals surface area contributed by atoms with E-state index in [-0.39, 0.29) is 5.02 Å². The Bertz CT molecular complexity index is 1150. The Morgan fingerprint density at radius 1 is 1.12 bits per heavy atom. The molecule has 2 aromatic heterocycles. The van der Waals surface area contributed by atoms with Crippen molar-refractivity contribution in [1.82, 2.24) is 14.8 Å². The lowest BCUT2D eigenvalue weighted by atomic mass is 10.2. The van der Waals surface area contributed by atoms with Gasteiger partial charge in [-0.15, -0.1) is 0 Å². The molecule has 0 fully saturated rings. The zero-order chi connectivity index (χ0) is 17.9. The molecule has 4 rings (SSSR count). The lowest BCUT2D eigenvalue weighted by Gasteiger charge is -2.07. The molecule has 0 unspecified atom stereocenters. The maximum Gasteiger partial charge on any atom is 0.292 e. The van der Waals surface area contributed by atoms with Crippen LogP contribution in [0.2, 0.25) is 5.02 Å². The number of hydrazone groups is 1. The van der Waals surface area contributed by atoms with Crippen molar-refractivity contribution in [3.63, 3.8) is 0 Å². The Kier molecular flexibility index (Phi) is 4.25. The third-order valence-electron chi connectivity index (χ3n) is 3.93. The van der Waals surface area contributed by atoms with Crippen molar-refractivity contribution in [2.24, 2.45) is 5.10 Å². The third-order valence-corrected chi connectivity index (χ3v) is 4.29. The number of aromatic amines is 1. The first-order valence-electron chi connectivity index (χ1n) is 7.92. The first-order chi connectivity index (χ1) is 12.7. The van der Waals surface area contributed by atoms with Crippen LogP contribution in [0, 0.1) is 0 Å². The van der Waals surface area contributed by atoms with E-state index in [9.17, 15) is 4.79 Å². The Morgan fingerprint density at radius 2 is 1.88 bits per heavy atom. The molecule has 0 spiro atoms. The number of anilines is 1. The second kappa shape index (κ2) is 6.85. The first-order valence-corrected chi connectivity index (χ1v) is 8.30. The summed E-state index contributed by atoms with van der Waals surface area (Å²) in [6, 6.07) is 17.0. The first kappa shape index (κ1) is 16.1. The highest BCUT2D eigenvalue weighted by atomic mass is 35.5. The normalized spacial score (nSPS) is 11.3. The Labute approximate surface area is 153 Å². The van der Waals surface area contributed by atoms with Crippen molar-refractivity contribution in [3.8, 4) is 5.69 Å². The number of hydrogen-bond acceptors (Lipinski definition) is 4. The fraction of sp³-hybridized carbons (Fsp3) is 0. The number of halogens is 1. The van der Waals surface area contributed by atoms with Gasteiger partial charge >= 0.3 is 0 Å². The number of nitrogens with one attached hydrogen (secondary N) is 2. The average Bonchev–Trinajstić information content (AvgIpc) is 3.09. The smallest absolute Gasteiger partial charge is 0.292 e. The second-order valence-electron chi connectivity index (χ2n) is 5.58. The summed E-state index contributed by atoms with van der Waals surface area (Å²) < 4.78 is 1.25. The summed E-state index contributed by atoms with van der Waals surface area (Å²) in [6.07, 6.45) is 5.00. The van der Waals surface area contributed by atoms with Gasteiger partial charge in [-0.1, -0.05) is 48.0 Å². The number of rotatable bonds is 4. The van der Waals surface area contributed by atoms with Crippen LogP contribution in [0.4, 0.5) is 5.69 Å². The average molecular weight is 364 g/mol. The molecule has 2 N–H and O–H groups in total. The van der Waals surface area contributed by atoms with Gasteiger partial charge in [0.25, 0.3) is 5.56 Å². The van der Waals surface area contributed by atoms with E-state index in [1.165, 1.54) is 10.9 Å². The Balaban J connectivity index is 1.59. The van der Waals surface area contributed by atoms with E-state index >= 15 is 0 Å². The predicted octanol–water partition coefficient (Wildman–Crippen LogP) is 3.81. The number of benzene rings is 2. The van der Waals surface area contributed by atoms with Crippen LogP contribution in [0.1, 0.15) is 5.56 Å². The summed E-state index contributed by atoms with van der Waals surface area (Å²) >= 11 is 6.19. The van der Waals surface area contributed by atoms with Gasteiger partial charge < -0.3 is 4.98 Å². The maximum atomic E-state index is 12.4. The highest BCUT2D eigenvalue weighted by Gasteiger charge is 2.10. The fourth-order valence-electron chi connectivity index (χ4n) is 2.64. The quantitative estimate of drug-likeness (QED) is 0.427. The highest BCUT2D eigenvalue weighted by molar-refractivity contribution is 6.33. The lowest BCUT2D eigenvalue weighted by molar-refractivity contribution is 0.808. The minimum absolute atomic E-state index is 0.0277. The lowest BCUT2D eigenvalue weighted by Crippen LogP contribution is -2.22. The Morgan fingerprint density at radius 3 is 2.73 bits per heavy atom. The summed E-state index contributed by atoms with van der Waals surface area (Å²) in [5, 5.41) is 9.41. The van der Waals surface area contributed by atoms with Crippen molar-refractivity contribution < 1.29 is 0 Å². The molecule has 0 radical (unpaired) electrons. The molecule has 128 valence electrons. The van der Waals surface area contributed by atoms with Crippen LogP contribution in [0.15, 0.2) is 76.9 Å². The van der Waals surface area contributed by atoms with Crippen LogP contribution in [0.5, 0.6) is 0 Å². The van der Waals surface area contributed by atoms with Crippen LogP contribution >= 0.6 is 11.6 Å². The van der Waals surface area contributed by atoms with Crippen LogP contribution < -0.4 is 11.0 Å². The summed E-state index contributed by atoms with van der Waals surface area (Å²) in [5.74, 6) is 0. The summed E-state index contributed by atoms with van der Waals surface area (Å²) in [6.45, 7) is 0. The Hall–Kier alpha value is -3.38. The van der Waals surface area contributed by atoms with Gasteiger partial charge in [0.05, 0.1) is 18.1 Å². The molecule has 6 nitrogen and oxygen atoms in total. The molecule has 0 aliphatic heterocycles. The molecule has 0 amide bonds. The fourth-order valence-corrected chi connectivity index (χ4v) is 2.81. The number of nitrogens with zero attached hydrogens (tertiary/aromatic N) is 3. The monoisotopic (exact) mass is 363 g/mol. The maximum absolute atomic E-state index is 12.4. The number of para-hydroxylation sites is 2. The molecule has 0 atom stereocenters. The van der Waals surface area contributed by atoms with E-state index in [0.29, 0.717) is 11.4 Å². The second-order valence-corrected chi connectivity index (χ2v) is 5.96. The van der Waals surface area contributed by atoms with Gasteiger partial charge in [-0.2, -0.15) is 14.9 Å². The van der Waals surface area contributed by atoms with E-state index in [2.05, 4.69) is 20.6 Å². The van der Waals surface area contributed by atoms with Crippen molar-refractivity contribution in [2.75, 3.05) is 5.43 Å². The van der Waals surface area contributed by atoms with Crippen LogP contribution in [-0.4, -0.2) is 21.0 Å². The van der Waals surface area contributed by atoms with E-state index < -0.39 is 5.56 Å². The summed E-state index contributed by atoms with van der Waals surface area (Å²) in [7, 11) is 0. The van der Waals surface area contributed by atoms with Gasteiger partial charge in [0.1, 0.15) is 10.7 Å². The van der Waals surface area contributed by atoms with Crippen molar-refractivity contribution in [2.45, 2.75) is 0 Å². The number of fused-ring (bicyclic) bond motifs is 1. The van der Waals surface area contributed by atoms with Gasteiger partial charge in [0.2, 0.25) is 0 Å². The molecule has 0 saturated heterocycles. The minimum atomic E-state index is -0.412. The van der Waals surface area contributed by atoms with E-state index in [1.807, 2.05) is 48.7 Å². The van der Waals surface area contributed by atoms with Crippen LogP contribution in [0.3, 0.4) is 0 Å². The van der Waals surface area contributed by atoms with E-state index in [1.54, 1.807) is 18.3 Å². The molecule has 7 heteroatoms. The molecule has 26 heavy (non-hydrogen) atoms. The molecule has 2 aromatic carbocycles. The minimum Gasteiger partial charge on any atom is -0.361 e. The number of aromatic nitrogens is 3. The standard InChI is InChI=1S/C19H14ClN5O/c20-18-17(12-23-25(19(18)26)14-6-2-1-3-7-14)24-22-11-13-10-21-16-9-5-4-8-15(13)16/h1-12,21,24H/b22-11-. The van der Waals surface area contributed by atoms with Gasteiger partial charge in [-0.25, -0.2) is 0 Å². The van der Waals surface area contributed by atoms with Gasteiger partial charge in [0.15, 0.2) is 0 Å². The molecule has 0 aliphatic carbocycles. The SMILES string of the molecule is O=c1c(Cl)c(N/N=C\c2c[nH]c3ccccc23)cnn1-c1ccccc1. The van der Waals surface area contributed by atoms with E-state index in [4.69, 9.17) is 11.6 Å². The van der Waals surface area contributed by atoms with Gasteiger partial charge in [-0.05, 0) is 18.2 Å². The number of hydrogen-bond donors (Lipinski definition) is 2. The van der Waals surface area contributed by atoms with Crippen molar-refractivity contribution >= 4 is 34.4 Å². The topological polar surface area (TPSA) is 75.1 Å². The number of H-pyrrole nitrogens is 1. The van der Waals surface area contributed by atoms with Crippen molar-refractivity contribution in [3.05, 3.63) is 87.9 Å². The highest BCUT2D eigenvalue weighted by Crippen LogP contribution is 2.18. The zero-order valence-corrected chi connectivity index (χ0v) is 14.3. The largest absolute Gasteiger partial charge is 0.361 e. The molecule has 0 bridgehead atoms. The molecule has 2 heterocycles. The summed E-state index contributed by atoms with van der Waals surface area (Å²) in [5.41, 5.74) is 5.32. The molecular weight excluding hydrogens is 350 g/mol.